The molecule has 3 heterocycles. The van der Waals surface area contributed by atoms with E-state index in [1.807, 2.05) is 0 Å². The molecule has 0 atom stereocenters. The highest BCUT2D eigenvalue weighted by Crippen LogP contribution is 2.55. The maximum Gasteiger partial charge on any atom is 0.135 e. The van der Waals surface area contributed by atoms with Gasteiger partial charge in [0.2, 0.25) is 0 Å². The van der Waals surface area contributed by atoms with Gasteiger partial charge in [0, 0.05) is 38.3 Å². The smallest absolute Gasteiger partial charge is 0.135 e. The summed E-state index contributed by atoms with van der Waals surface area (Å²) < 4.78 is 8.88. The van der Waals surface area contributed by atoms with Crippen LogP contribution in [0.1, 0.15) is 25.0 Å². The SMILES string of the molecule is CC1(C)c2cc(-n3c4ccccc4c4ccccc43)ccc2N(c2ccc(-c3ccccc3)cc2)c2ccc3oc4ccccc4c3c21. The Morgan fingerprint density at radius 1 is 0.479 bits per heavy atom. The van der Waals surface area contributed by atoms with Gasteiger partial charge in [-0.1, -0.05) is 111 Å². The Balaban J connectivity index is 1.25. The van der Waals surface area contributed by atoms with Gasteiger partial charge >= 0.3 is 0 Å². The van der Waals surface area contributed by atoms with Crippen molar-refractivity contribution < 1.29 is 4.42 Å². The average Bonchev–Trinajstić information content (AvgIpc) is 3.68. The minimum atomic E-state index is -0.327. The monoisotopic (exact) mass is 616 g/mol. The minimum Gasteiger partial charge on any atom is -0.456 e. The predicted molar refractivity (Wildman–Crippen MR) is 200 cm³/mol. The summed E-state index contributed by atoms with van der Waals surface area (Å²) in [6.45, 7) is 4.74. The molecule has 2 aromatic heterocycles. The standard InChI is InChI=1S/C45H32N2O/c1-45(2)36-28-32(47-37-17-9-6-14-33(37)34-15-7-10-18-38(34)47)24-25-39(36)46(31-22-20-30(21-23-31)29-12-4-3-5-13-29)40-26-27-42-43(44(40)45)35-16-8-11-19-41(35)48-42/h3-28H,1-2H3. The Bertz CT molecular complexity index is 2640. The van der Waals surface area contributed by atoms with Crippen molar-refractivity contribution in [1.29, 1.82) is 0 Å². The molecule has 7 aromatic carbocycles. The molecule has 1 aliphatic rings. The van der Waals surface area contributed by atoms with Crippen molar-refractivity contribution in [3.05, 3.63) is 169 Å². The molecule has 0 amide bonds. The van der Waals surface area contributed by atoms with E-state index in [0.717, 1.165) is 27.9 Å². The van der Waals surface area contributed by atoms with Crippen molar-refractivity contribution in [2.24, 2.45) is 0 Å². The van der Waals surface area contributed by atoms with Crippen LogP contribution in [0.4, 0.5) is 17.1 Å². The molecule has 0 fully saturated rings. The van der Waals surface area contributed by atoms with E-state index in [0.29, 0.717) is 0 Å². The first-order valence-corrected chi connectivity index (χ1v) is 16.6. The molecule has 0 radical (unpaired) electrons. The zero-order valence-electron chi connectivity index (χ0n) is 26.8. The summed E-state index contributed by atoms with van der Waals surface area (Å²) in [5, 5.41) is 4.87. The number of benzene rings is 7. The van der Waals surface area contributed by atoms with Crippen LogP contribution < -0.4 is 4.90 Å². The van der Waals surface area contributed by atoms with Crippen LogP contribution in [0.2, 0.25) is 0 Å². The van der Waals surface area contributed by atoms with E-state index in [4.69, 9.17) is 4.42 Å². The van der Waals surface area contributed by atoms with Crippen LogP contribution in [0.25, 0.3) is 60.6 Å². The number of furan rings is 1. The van der Waals surface area contributed by atoms with Crippen molar-refractivity contribution in [1.82, 2.24) is 4.57 Å². The summed E-state index contributed by atoms with van der Waals surface area (Å²) in [4.78, 5) is 2.45. The van der Waals surface area contributed by atoms with Gasteiger partial charge in [0.1, 0.15) is 11.2 Å². The highest BCUT2D eigenvalue weighted by molar-refractivity contribution is 6.12. The lowest BCUT2D eigenvalue weighted by atomic mass is 9.71. The molecule has 228 valence electrons. The zero-order valence-corrected chi connectivity index (χ0v) is 26.8. The van der Waals surface area contributed by atoms with Crippen molar-refractivity contribution >= 4 is 60.8 Å². The van der Waals surface area contributed by atoms with E-state index in [9.17, 15) is 0 Å². The van der Waals surface area contributed by atoms with Gasteiger partial charge in [-0.25, -0.2) is 0 Å². The Hall–Kier alpha value is -6.06. The molecule has 10 rings (SSSR count). The molecule has 3 heteroatoms. The molecule has 0 saturated heterocycles. The molecule has 0 spiro atoms. The molecule has 1 aliphatic heterocycles. The molecule has 48 heavy (non-hydrogen) atoms. The van der Waals surface area contributed by atoms with Crippen LogP contribution in [0.3, 0.4) is 0 Å². The highest BCUT2D eigenvalue weighted by Gasteiger charge is 2.40. The number of fused-ring (bicyclic) bond motifs is 9. The van der Waals surface area contributed by atoms with Crippen LogP contribution in [0.15, 0.2) is 162 Å². The molecule has 0 bridgehead atoms. The Morgan fingerprint density at radius 3 is 1.79 bits per heavy atom. The predicted octanol–water partition coefficient (Wildman–Crippen LogP) is 12.5. The van der Waals surface area contributed by atoms with Crippen LogP contribution >= 0.6 is 0 Å². The number of hydrogen-bond acceptors (Lipinski definition) is 2. The number of para-hydroxylation sites is 3. The van der Waals surface area contributed by atoms with Gasteiger partial charge in [-0.2, -0.15) is 0 Å². The molecule has 0 N–H and O–H groups in total. The van der Waals surface area contributed by atoms with Crippen LogP contribution in [0.5, 0.6) is 0 Å². The lowest BCUT2D eigenvalue weighted by molar-refractivity contribution is 0.634. The molecular formula is C45H32N2O. The summed E-state index contributed by atoms with van der Waals surface area (Å²) in [5.41, 5.74) is 13.6. The van der Waals surface area contributed by atoms with E-state index in [1.54, 1.807) is 0 Å². The summed E-state index contributed by atoms with van der Waals surface area (Å²) in [7, 11) is 0. The fourth-order valence-electron chi connectivity index (χ4n) is 8.16. The Labute approximate surface area is 278 Å². The molecule has 3 nitrogen and oxygen atoms in total. The zero-order chi connectivity index (χ0) is 32.0. The Morgan fingerprint density at radius 2 is 1.06 bits per heavy atom. The molecule has 0 saturated carbocycles. The van der Waals surface area contributed by atoms with Gasteiger partial charge in [0.25, 0.3) is 0 Å². The second-order valence-electron chi connectivity index (χ2n) is 13.4. The van der Waals surface area contributed by atoms with Crippen LogP contribution in [-0.4, -0.2) is 4.57 Å². The molecule has 0 aliphatic carbocycles. The van der Waals surface area contributed by atoms with E-state index in [1.165, 1.54) is 60.8 Å². The largest absolute Gasteiger partial charge is 0.456 e. The van der Waals surface area contributed by atoms with Gasteiger partial charge in [-0.3, -0.25) is 0 Å². The number of nitrogens with zero attached hydrogens (tertiary/aromatic N) is 2. The third-order valence-electron chi connectivity index (χ3n) is 10.4. The number of aromatic nitrogens is 1. The van der Waals surface area contributed by atoms with Crippen LogP contribution in [-0.2, 0) is 5.41 Å². The highest BCUT2D eigenvalue weighted by atomic mass is 16.3. The second kappa shape index (κ2) is 9.97. The maximum atomic E-state index is 6.46. The number of anilines is 3. The van der Waals surface area contributed by atoms with Gasteiger partial charge in [0.05, 0.1) is 22.4 Å². The van der Waals surface area contributed by atoms with Gasteiger partial charge < -0.3 is 13.9 Å². The van der Waals surface area contributed by atoms with Crippen LogP contribution in [0, 0.1) is 0 Å². The molecule has 9 aromatic rings. The Kier molecular flexibility index (Phi) is 5.63. The summed E-state index contributed by atoms with van der Waals surface area (Å²) in [6, 6.07) is 56.9. The third-order valence-corrected chi connectivity index (χ3v) is 10.4. The van der Waals surface area contributed by atoms with Crippen molar-refractivity contribution in [3.63, 3.8) is 0 Å². The van der Waals surface area contributed by atoms with E-state index in [2.05, 4.69) is 181 Å². The van der Waals surface area contributed by atoms with Crippen molar-refractivity contribution in [3.8, 4) is 16.8 Å². The van der Waals surface area contributed by atoms with Crippen molar-refractivity contribution in [2.45, 2.75) is 19.3 Å². The third kappa shape index (κ3) is 3.76. The van der Waals surface area contributed by atoms with E-state index >= 15 is 0 Å². The first-order chi connectivity index (χ1) is 23.6. The quantitative estimate of drug-likeness (QED) is 0.197. The fraction of sp³-hybridized carbons (Fsp3) is 0.0667. The van der Waals surface area contributed by atoms with E-state index in [-0.39, 0.29) is 5.41 Å². The summed E-state index contributed by atoms with van der Waals surface area (Å²) in [5.74, 6) is 0. The van der Waals surface area contributed by atoms with E-state index < -0.39 is 0 Å². The lowest BCUT2D eigenvalue weighted by Gasteiger charge is -2.42. The molecule has 0 unspecified atom stereocenters. The summed E-state index contributed by atoms with van der Waals surface area (Å²) in [6.07, 6.45) is 0. The molecular weight excluding hydrogens is 585 g/mol. The van der Waals surface area contributed by atoms with Gasteiger partial charge in [0.15, 0.2) is 0 Å². The van der Waals surface area contributed by atoms with Gasteiger partial charge in [-0.05, 0) is 82.9 Å². The lowest BCUT2D eigenvalue weighted by Crippen LogP contribution is -2.31. The van der Waals surface area contributed by atoms with Gasteiger partial charge in [-0.15, -0.1) is 0 Å². The maximum absolute atomic E-state index is 6.46. The second-order valence-corrected chi connectivity index (χ2v) is 13.4. The first-order valence-electron chi connectivity index (χ1n) is 16.6. The topological polar surface area (TPSA) is 21.3 Å². The average molecular weight is 617 g/mol. The van der Waals surface area contributed by atoms with Crippen molar-refractivity contribution in [2.75, 3.05) is 4.90 Å². The number of rotatable bonds is 3. The fourth-order valence-corrected chi connectivity index (χ4v) is 8.16. The minimum absolute atomic E-state index is 0.327. The summed E-state index contributed by atoms with van der Waals surface area (Å²) >= 11 is 0. The first kappa shape index (κ1) is 27.1. The normalized spacial score (nSPS) is 13.8. The number of hydrogen-bond donors (Lipinski definition) is 0.